The summed E-state index contributed by atoms with van der Waals surface area (Å²) in [6.45, 7) is 1.74. The Morgan fingerprint density at radius 2 is 1.30 bits per heavy atom. The molecular formula is C29H20O4. The van der Waals surface area contributed by atoms with Crippen molar-refractivity contribution < 1.29 is 19.1 Å². The number of Topliss-reactive ketones (excluding diaryl/α,β-unsaturated/α-hetero) is 2. The molecule has 0 spiro atoms. The molecule has 1 fully saturated rings. The van der Waals surface area contributed by atoms with E-state index in [0.29, 0.717) is 16.9 Å². The summed E-state index contributed by atoms with van der Waals surface area (Å²) in [7, 11) is 0. The first-order valence-electron chi connectivity index (χ1n) is 10.9. The first-order valence-corrected chi connectivity index (χ1v) is 10.9. The fourth-order valence-electron chi connectivity index (χ4n) is 5.77. The predicted octanol–water partition coefficient (Wildman–Crippen LogP) is 5.61. The minimum Gasteiger partial charge on any atom is -0.425 e. The minimum atomic E-state index is -1.61. The number of esters is 1. The Balaban J connectivity index is 1.64. The zero-order valence-corrected chi connectivity index (χ0v) is 17.9. The van der Waals surface area contributed by atoms with Gasteiger partial charge in [0.05, 0.1) is 5.41 Å². The predicted molar refractivity (Wildman–Crippen MR) is 124 cm³/mol. The lowest BCUT2D eigenvalue weighted by Crippen LogP contribution is -2.39. The van der Waals surface area contributed by atoms with E-state index in [1.807, 2.05) is 42.5 Å². The third-order valence-electron chi connectivity index (χ3n) is 7.39. The molecule has 1 heterocycles. The Morgan fingerprint density at radius 3 is 1.97 bits per heavy atom. The Kier molecular flexibility index (Phi) is 4.00. The summed E-state index contributed by atoms with van der Waals surface area (Å²) in [6, 6.07) is 29.0. The molecule has 4 heteroatoms. The van der Waals surface area contributed by atoms with Crippen LogP contribution in [0.1, 0.15) is 39.1 Å². The number of rotatable bonds is 4. The van der Waals surface area contributed by atoms with Crippen LogP contribution in [0.25, 0.3) is 10.8 Å². The summed E-state index contributed by atoms with van der Waals surface area (Å²) < 4.78 is 5.81. The summed E-state index contributed by atoms with van der Waals surface area (Å²) in [6.07, 6.45) is 0. The van der Waals surface area contributed by atoms with Crippen molar-refractivity contribution >= 4 is 28.3 Å². The van der Waals surface area contributed by atoms with Crippen molar-refractivity contribution in [1.82, 2.24) is 0 Å². The second kappa shape index (κ2) is 6.72. The van der Waals surface area contributed by atoms with Crippen LogP contribution < -0.4 is 4.74 Å². The zero-order chi connectivity index (χ0) is 22.8. The van der Waals surface area contributed by atoms with Crippen LogP contribution in [-0.2, 0) is 4.79 Å². The van der Waals surface area contributed by atoms with Crippen molar-refractivity contribution in [3.05, 3.63) is 114 Å². The summed E-state index contributed by atoms with van der Waals surface area (Å²) in [5.41, 5.74) is -1.26. The lowest BCUT2D eigenvalue weighted by atomic mass is 9.82. The van der Waals surface area contributed by atoms with Gasteiger partial charge in [-0.25, -0.2) is 0 Å². The molecule has 6 rings (SSSR count). The highest BCUT2D eigenvalue weighted by atomic mass is 16.5. The van der Waals surface area contributed by atoms with Crippen molar-refractivity contribution in [3.63, 3.8) is 0 Å². The molecule has 0 amide bonds. The van der Waals surface area contributed by atoms with E-state index >= 15 is 0 Å². The molecule has 0 radical (unpaired) electrons. The summed E-state index contributed by atoms with van der Waals surface area (Å²) in [4.78, 5) is 41.6. The number of ether oxygens (including phenoxy) is 1. The van der Waals surface area contributed by atoms with Crippen LogP contribution in [0, 0.1) is 10.8 Å². The lowest BCUT2D eigenvalue weighted by molar-refractivity contribution is -0.140. The van der Waals surface area contributed by atoms with Gasteiger partial charge in [0, 0.05) is 22.6 Å². The second-order valence-corrected chi connectivity index (χ2v) is 8.92. The quantitative estimate of drug-likeness (QED) is 0.182. The molecule has 160 valence electrons. The third-order valence-corrected chi connectivity index (χ3v) is 7.39. The van der Waals surface area contributed by atoms with Crippen LogP contribution in [0.2, 0.25) is 0 Å². The van der Waals surface area contributed by atoms with Gasteiger partial charge in [0.2, 0.25) is 0 Å². The maximum absolute atomic E-state index is 14.0. The monoisotopic (exact) mass is 432 g/mol. The van der Waals surface area contributed by atoms with E-state index in [4.69, 9.17) is 4.74 Å². The smallest absolute Gasteiger partial charge is 0.327 e. The molecule has 4 aromatic carbocycles. The van der Waals surface area contributed by atoms with Gasteiger partial charge in [-0.1, -0.05) is 97.9 Å². The molecule has 0 bridgehead atoms. The molecular weight excluding hydrogens is 412 g/mol. The Morgan fingerprint density at radius 1 is 0.727 bits per heavy atom. The molecule has 1 aliphatic heterocycles. The highest BCUT2D eigenvalue weighted by molar-refractivity contribution is 6.26. The Labute approximate surface area is 190 Å². The van der Waals surface area contributed by atoms with Gasteiger partial charge >= 0.3 is 5.97 Å². The van der Waals surface area contributed by atoms with E-state index < -0.39 is 22.7 Å². The van der Waals surface area contributed by atoms with E-state index in [-0.39, 0.29) is 11.6 Å². The number of fused-ring (bicyclic) bond motifs is 5. The molecule has 4 nitrogen and oxygen atoms in total. The van der Waals surface area contributed by atoms with Gasteiger partial charge in [-0.15, -0.1) is 0 Å². The Hall–Kier alpha value is -4.05. The fraction of sp³-hybridized carbons (Fsp3) is 0.138. The minimum absolute atomic E-state index is 0.227. The molecule has 0 aromatic heterocycles. The largest absolute Gasteiger partial charge is 0.425 e. The van der Waals surface area contributed by atoms with Crippen LogP contribution in [0.15, 0.2) is 97.1 Å². The summed E-state index contributed by atoms with van der Waals surface area (Å²) in [5.74, 6) is -1.45. The first kappa shape index (κ1) is 19.6. The normalized spacial score (nSPS) is 25.0. The van der Waals surface area contributed by atoms with E-state index in [0.717, 1.165) is 16.3 Å². The van der Waals surface area contributed by atoms with Gasteiger partial charge in [-0.2, -0.15) is 0 Å². The number of ketones is 2. The van der Waals surface area contributed by atoms with E-state index in [2.05, 4.69) is 0 Å². The fourth-order valence-corrected chi connectivity index (χ4v) is 5.77. The molecule has 4 aromatic rings. The summed E-state index contributed by atoms with van der Waals surface area (Å²) >= 11 is 0. The second-order valence-electron chi connectivity index (χ2n) is 8.92. The van der Waals surface area contributed by atoms with Crippen LogP contribution >= 0.6 is 0 Å². The van der Waals surface area contributed by atoms with E-state index in [9.17, 15) is 14.4 Å². The van der Waals surface area contributed by atoms with E-state index in [1.165, 1.54) is 0 Å². The molecule has 2 aliphatic rings. The van der Waals surface area contributed by atoms with Crippen molar-refractivity contribution in [2.24, 2.45) is 10.8 Å². The molecule has 33 heavy (non-hydrogen) atoms. The van der Waals surface area contributed by atoms with Gasteiger partial charge in [0.1, 0.15) is 5.75 Å². The molecule has 1 aliphatic carbocycles. The standard InChI is InChI=1S/C29H20O4/c1-28(25(30)19-11-4-2-5-12-19)24-23-21-15-9-8-10-18(21)16-17-22(23)33-27(32)29(24,28)26(31)20-13-6-3-7-14-20/h2-17,24H,1H3/t24-,28+,29+/m0/s1. The van der Waals surface area contributed by atoms with Gasteiger partial charge < -0.3 is 4.74 Å². The highest BCUT2D eigenvalue weighted by Gasteiger charge is 2.87. The number of hydrogen-bond donors (Lipinski definition) is 0. The van der Waals surface area contributed by atoms with Crippen molar-refractivity contribution in [1.29, 1.82) is 0 Å². The van der Waals surface area contributed by atoms with Crippen molar-refractivity contribution in [2.75, 3.05) is 0 Å². The number of carbonyl (C=O) groups excluding carboxylic acids is 3. The lowest BCUT2D eigenvalue weighted by Gasteiger charge is -2.24. The first-order chi connectivity index (χ1) is 16.0. The van der Waals surface area contributed by atoms with Gasteiger partial charge in [0.15, 0.2) is 17.0 Å². The maximum atomic E-state index is 14.0. The maximum Gasteiger partial charge on any atom is 0.327 e. The molecule has 3 atom stereocenters. The number of benzene rings is 4. The highest BCUT2D eigenvalue weighted by Crippen LogP contribution is 2.79. The third kappa shape index (κ3) is 2.38. The zero-order valence-electron chi connectivity index (χ0n) is 17.9. The average molecular weight is 432 g/mol. The van der Waals surface area contributed by atoms with Crippen LogP contribution in [0.4, 0.5) is 0 Å². The topological polar surface area (TPSA) is 60.4 Å². The molecule has 0 saturated heterocycles. The van der Waals surface area contributed by atoms with Gasteiger partial charge in [0.25, 0.3) is 0 Å². The van der Waals surface area contributed by atoms with Crippen LogP contribution in [0.5, 0.6) is 5.75 Å². The van der Waals surface area contributed by atoms with Crippen molar-refractivity contribution in [2.45, 2.75) is 12.8 Å². The Bertz CT molecular complexity index is 1460. The van der Waals surface area contributed by atoms with Crippen LogP contribution in [-0.4, -0.2) is 17.5 Å². The molecule has 0 unspecified atom stereocenters. The molecule has 0 N–H and O–H groups in total. The van der Waals surface area contributed by atoms with Crippen LogP contribution in [0.3, 0.4) is 0 Å². The van der Waals surface area contributed by atoms with Gasteiger partial charge in [-0.05, 0) is 16.8 Å². The summed E-state index contributed by atoms with van der Waals surface area (Å²) in [5, 5.41) is 1.86. The van der Waals surface area contributed by atoms with Gasteiger partial charge in [-0.3, -0.25) is 14.4 Å². The number of carbonyl (C=O) groups is 3. The van der Waals surface area contributed by atoms with Crippen molar-refractivity contribution in [3.8, 4) is 5.75 Å². The number of hydrogen-bond acceptors (Lipinski definition) is 4. The average Bonchev–Trinajstić information content (AvgIpc) is 3.46. The van der Waals surface area contributed by atoms with E-state index in [1.54, 1.807) is 61.5 Å². The SMILES string of the molecule is C[C@]1(C(=O)c2ccccc2)[C@@H]2c3c(ccc4ccccc34)OC(=O)[C@]21C(=O)c1ccccc1. The molecule has 1 saturated carbocycles.